The fourth-order valence-corrected chi connectivity index (χ4v) is 3.45. The van der Waals surface area contributed by atoms with E-state index in [0.717, 1.165) is 42.2 Å². The zero-order chi connectivity index (χ0) is 20.6. The molecule has 2 aromatic carbocycles. The van der Waals surface area contributed by atoms with Gasteiger partial charge in [-0.1, -0.05) is 37.2 Å². The maximum Gasteiger partial charge on any atom is 0.161 e. The second-order valence-electron chi connectivity index (χ2n) is 6.82. The van der Waals surface area contributed by atoms with Crippen LogP contribution in [0.2, 0.25) is 0 Å². The van der Waals surface area contributed by atoms with Gasteiger partial charge in [0.25, 0.3) is 0 Å². The molecule has 0 fully saturated rings. The highest BCUT2D eigenvalue weighted by Gasteiger charge is 2.27. The van der Waals surface area contributed by atoms with Crippen molar-refractivity contribution < 1.29 is 19.0 Å². The van der Waals surface area contributed by atoms with E-state index in [1.165, 1.54) is 0 Å². The third-order valence-electron chi connectivity index (χ3n) is 5.19. The minimum atomic E-state index is -0.171. The lowest BCUT2D eigenvalue weighted by molar-refractivity contribution is 0.112. The summed E-state index contributed by atoms with van der Waals surface area (Å²) >= 11 is 0. The number of oxime groups is 1. The fourth-order valence-electron chi connectivity index (χ4n) is 3.45. The van der Waals surface area contributed by atoms with Crippen LogP contribution in [-0.2, 0) is 4.84 Å². The molecular weight excluding hydrogens is 368 g/mol. The highest BCUT2D eigenvalue weighted by Crippen LogP contribution is 2.38. The minimum absolute atomic E-state index is 0.171. The molecule has 0 aliphatic carbocycles. The van der Waals surface area contributed by atoms with Gasteiger partial charge in [-0.15, -0.1) is 0 Å². The zero-order valence-electron chi connectivity index (χ0n) is 17.7. The summed E-state index contributed by atoms with van der Waals surface area (Å²) in [6, 6.07) is 13.8. The molecule has 3 rings (SSSR count). The molecule has 2 aromatic rings. The lowest BCUT2D eigenvalue weighted by Crippen LogP contribution is -2.27. The van der Waals surface area contributed by atoms with Crippen molar-refractivity contribution in [2.75, 3.05) is 40.5 Å². The van der Waals surface area contributed by atoms with Crippen molar-refractivity contribution in [1.29, 1.82) is 0 Å². The molecular formula is C23H30N2O4. The zero-order valence-corrected chi connectivity index (χ0v) is 17.7. The van der Waals surface area contributed by atoms with E-state index in [4.69, 9.17) is 19.0 Å². The quantitative estimate of drug-likeness (QED) is 0.466. The maximum absolute atomic E-state index is 6.26. The summed E-state index contributed by atoms with van der Waals surface area (Å²) in [5.74, 6) is 2.19. The van der Waals surface area contributed by atoms with E-state index in [1.54, 1.807) is 14.2 Å². The molecule has 156 valence electrons. The van der Waals surface area contributed by atoms with Crippen LogP contribution < -0.4 is 14.2 Å². The Labute approximate surface area is 173 Å². The molecule has 0 bridgehead atoms. The van der Waals surface area contributed by atoms with Gasteiger partial charge in [0.05, 0.1) is 19.9 Å². The molecule has 29 heavy (non-hydrogen) atoms. The van der Waals surface area contributed by atoms with Crippen molar-refractivity contribution >= 4 is 5.71 Å². The Kier molecular flexibility index (Phi) is 7.36. The van der Waals surface area contributed by atoms with Crippen LogP contribution in [0.15, 0.2) is 47.6 Å². The van der Waals surface area contributed by atoms with Crippen molar-refractivity contribution in [3.63, 3.8) is 0 Å². The van der Waals surface area contributed by atoms with Crippen LogP contribution in [0.1, 0.15) is 37.5 Å². The Balaban J connectivity index is 1.80. The predicted molar refractivity (Wildman–Crippen MR) is 114 cm³/mol. The standard InChI is InChI=1S/C23H30N2O4/c1-5-25(6-2)13-14-28-24-19-16-22(29-20-10-8-7-9-18(19)20)17-11-12-21(26-3)23(15-17)27-4/h7-12,15,22H,5-6,13-14,16H2,1-4H3/b24-19+/t22-/m0/s1. The Hall–Kier alpha value is -2.73. The molecule has 0 spiro atoms. The minimum Gasteiger partial charge on any atom is -0.493 e. The first kappa shape index (κ1) is 21.0. The number of hydrogen-bond acceptors (Lipinski definition) is 6. The topological polar surface area (TPSA) is 52.5 Å². The molecule has 6 nitrogen and oxygen atoms in total. The van der Waals surface area contributed by atoms with Gasteiger partial charge in [-0.3, -0.25) is 0 Å². The second kappa shape index (κ2) is 10.2. The summed E-state index contributed by atoms with van der Waals surface area (Å²) in [5, 5.41) is 4.47. The number of rotatable bonds is 9. The van der Waals surface area contributed by atoms with Crippen molar-refractivity contribution in [3.8, 4) is 17.2 Å². The van der Waals surface area contributed by atoms with Crippen LogP contribution in [0, 0.1) is 0 Å². The van der Waals surface area contributed by atoms with Crippen LogP contribution in [0.3, 0.4) is 0 Å². The third kappa shape index (κ3) is 5.01. The van der Waals surface area contributed by atoms with Crippen LogP contribution in [0.4, 0.5) is 0 Å². The van der Waals surface area contributed by atoms with E-state index in [0.29, 0.717) is 24.5 Å². The van der Waals surface area contributed by atoms with Crippen molar-refractivity contribution in [2.45, 2.75) is 26.4 Å². The van der Waals surface area contributed by atoms with Crippen LogP contribution in [0.25, 0.3) is 0 Å². The molecule has 1 aliphatic rings. The van der Waals surface area contributed by atoms with Crippen LogP contribution in [0.5, 0.6) is 17.2 Å². The van der Waals surface area contributed by atoms with Gasteiger partial charge >= 0.3 is 0 Å². The van der Waals surface area contributed by atoms with Crippen molar-refractivity contribution in [2.24, 2.45) is 5.16 Å². The average Bonchev–Trinajstić information content (AvgIpc) is 2.78. The highest BCUT2D eigenvalue weighted by atomic mass is 16.6. The third-order valence-corrected chi connectivity index (χ3v) is 5.19. The first-order valence-corrected chi connectivity index (χ1v) is 10.1. The first-order chi connectivity index (χ1) is 14.2. The maximum atomic E-state index is 6.26. The number of hydrogen-bond donors (Lipinski definition) is 0. The van der Waals surface area contributed by atoms with E-state index in [-0.39, 0.29) is 6.10 Å². The van der Waals surface area contributed by atoms with Crippen LogP contribution >= 0.6 is 0 Å². The normalized spacial score (nSPS) is 17.0. The van der Waals surface area contributed by atoms with E-state index in [1.807, 2.05) is 42.5 Å². The van der Waals surface area contributed by atoms with E-state index < -0.39 is 0 Å². The Morgan fingerprint density at radius 3 is 2.52 bits per heavy atom. The lowest BCUT2D eigenvalue weighted by Gasteiger charge is -2.27. The Morgan fingerprint density at radius 1 is 1.03 bits per heavy atom. The molecule has 0 N–H and O–H groups in total. The number of para-hydroxylation sites is 1. The number of nitrogens with zero attached hydrogens (tertiary/aromatic N) is 2. The number of benzene rings is 2. The van der Waals surface area contributed by atoms with Gasteiger partial charge in [-0.05, 0) is 42.9 Å². The number of ether oxygens (including phenoxy) is 3. The number of fused-ring (bicyclic) bond motifs is 1. The summed E-state index contributed by atoms with van der Waals surface area (Å²) in [7, 11) is 3.26. The average molecular weight is 399 g/mol. The number of methoxy groups -OCH3 is 2. The molecule has 0 saturated carbocycles. The van der Waals surface area contributed by atoms with E-state index >= 15 is 0 Å². The monoisotopic (exact) mass is 398 g/mol. The van der Waals surface area contributed by atoms with Gasteiger partial charge in [0.2, 0.25) is 0 Å². The van der Waals surface area contributed by atoms with Gasteiger partial charge in [0.15, 0.2) is 11.5 Å². The van der Waals surface area contributed by atoms with Crippen molar-refractivity contribution in [3.05, 3.63) is 53.6 Å². The molecule has 0 aromatic heterocycles. The summed E-state index contributed by atoms with van der Waals surface area (Å²) in [6.07, 6.45) is 0.451. The predicted octanol–water partition coefficient (Wildman–Crippen LogP) is 4.29. The summed E-state index contributed by atoms with van der Waals surface area (Å²) in [4.78, 5) is 7.99. The summed E-state index contributed by atoms with van der Waals surface area (Å²) in [6.45, 7) is 7.74. The smallest absolute Gasteiger partial charge is 0.161 e. The molecule has 1 atom stereocenters. The lowest BCUT2D eigenvalue weighted by atomic mass is 9.95. The Bertz CT molecular complexity index is 833. The van der Waals surface area contributed by atoms with Gasteiger partial charge in [0, 0.05) is 18.5 Å². The first-order valence-electron chi connectivity index (χ1n) is 10.1. The van der Waals surface area contributed by atoms with Gasteiger partial charge in [0.1, 0.15) is 18.5 Å². The highest BCUT2D eigenvalue weighted by molar-refractivity contribution is 6.03. The molecule has 0 amide bonds. The Morgan fingerprint density at radius 2 is 1.79 bits per heavy atom. The van der Waals surface area contributed by atoms with Gasteiger partial charge in [-0.2, -0.15) is 0 Å². The molecule has 1 aliphatic heterocycles. The SMILES string of the molecule is CCN(CC)CCO/N=C1\C[C@@H](c2ccc(OC)c(OC)c2)Oc2ccccc21. The fraction of sp³-hybridized carbons (Fsp3) is 0.435. The summed E-state index contributed by atoms with van der Waals surface area (Å²) in [5.41, 5.74) is 2.88. The van der Waals surface area contributed by atoms with Crippen LogP contribution in [-0.4, -0.2) is 51.1 Å². The summed E-state index contributed by atoms with van der Waals surface area (Å²) < 4.78 is 17.1. The molecule has 1 heterocycles. The second-order valence-corrected chi connectivity index (χ2v) is 6.82. The largest absolute Gasteiger partial charge is 0.493 e. The van der Waals surface area contributed by atoms with Crippen molar-refractivity contribution in [1.82, 2.24) is 4.90 Å². The number of likely N-dealkylation sites (N-methyl/N-ethyl adjacent to an activating group) is 1. The molecule has 6 heteroatoms. The van der Waals surface area contributed by atoms with E-state index in [2.05, 4.69) is 23.9 Å². The molecule has 0 saturated heterocycles. The molecule has 0 unspecified atom stereocenters. The van der Waals surface area contributed by atoms with Gasteiger partial charge in [-0.25, -0.2) is 0 Å². The van der Waals surface area contributed by atoms with Gasteiger partial charge < -0.3 is 23.9 Å². The van der Waals surface area contributed by atoms with E-state index in [9.17, 15) is 0 Å². The molecule has 0 radical (unpaired) electrons.